The monoisotopic (exact) mass is 519 g/mol. The Hall–Kier alpha value is -1.13. The number of aliphatic imine (C=N–C) groups is 1. The van der Waals surface area contributed by atoms with Gasteiger partial charge < -0.3 is 20.1 Å². The molecule has 0 amide bonds. The van der Waals surface area contributed by atoms with E-state index in [1.165, 1.54) is 32.2 Å². The Morgan fingerprint density at radius 2 is 2.14 bits per heavy atom. The largest absolute Gasteiger partial charge is 0.475 e. The highest BCUT2D eigenvalue weighted by molar-refractivity contribution is 14.0. The number of rotatable bonds is 11. The van der Waals surface area contributed by atoms with Crippen molar-refractivity contribution in [3.8, 4) is 5.88 Å². The highest BCUT2D eigenvalue weighted by Crippen LogP contribution is 2.18. The fourth-order valence-corrected chi connectivity index (χ4v) is 3.54. The summed E-state index contributed by atoms with van der Waals surface area (Å²) in [4.78, 5) is 11.7. The molecular formula is C21H38IN5O2. The number of halogens is 1. The Morgan fingerprint density at radius 3 is 2.90 bits per heavy atom. The van der Waals surface area contributed by atoms with E-state index in [-0.39, 0.29) is 24.0 Å². The highest BCUT2D eigenvalue weighted by atomic mass is 127. The van der Waals surface area contributed by atoms with Gasteiger partial charge in [-0.1, -0.05) is 19.4 Å². The Bertz CT molecular complexity index is 588. The predicted octanol–water partition coefficient (Wildman–Crippen LogP) is 3.04. The van der Waals surface area contributed by atoms with E-state index in [9.17, 15) is 0 Å². The van der Waals surface area contributed by atoms with Gasteiger partial charge in [0.15, 0.2) is 5.96 Å². The summed E-state index contributed by atoms with van der Waals surface area (Å²) in [7, 11) is 1.66. The Labute approximate surface area is 193 Å². The summed E-state index contributed by atoms with van der Waals surface area (Å²) < 4.78 is 10.7. The van der Waals surface area contributed by atoms with Crippen molar-refractivity contribution >= 4 is 29.9 Å². The number of piperidine rings is 1. The quantitative estimate of drug-likeness (QED) is 0.203. The topological polar surface area (TPSA) is 71.0 Å². The smallest absolute Gasteiger partial charge is 0.218 e. The van der Waals surface area contributed by atoms with E-state index in [2.05, 4.69) is 34.4 Å². The zero-order chi connectivity index (χ0) is 20.0. The van der Waals surface area contributed by atoms with Crippen LogP contribution in [0.25, 0.3) is 0 Å². The number of guanidine groups is 1. The lowest BCUT2D eigenvalue weighted by atomic mass is 10.0. The fraction of sp³-hybridized carbons (Fsp3) is 0.714. The molecule has 1 saturated heterocycles. The minimum atomic E-state index is 0. The summed E-state index contributed by atoms with van der Waals surface area (Å²) in [5, 5.41) is 6.80. The van der Waals surface area contributed by atoms with E-state index >= 15 is 0 Å². The number of pyridine rings is 1. The molecule has 7 nitrogen and oxygen atoms in total. The molecular weight excluding hydrogens is 481 g/mol. The normalized spacial score (nSPS) is 17.5. The molecule has 29 heavy (non-hydrogen) atoms. The maximum absolute atomic E-state index is 5.70. The molecule has 8 heteroatoms. The maximum atomic E-state index is 5.70. The van der Waals surface area contributed by atoms with Gasteiger partial charge in [-0.05, 0) is 38.8 Å². The molecule has 1 aliphatic rings. The number of nitrogens with one attached hydrogen (secondary N) is 2. The number of hydrogen-bond donors (Lipinski definition) is 2. The first-order chi connectivity index (χ1) is 13.8. The number of ether oxygens (including phenoxy) is 2. The van der Waals surface area contributed by atoms with Gasteiger partial charge in [-0.3, -0.25) is 4.90 Å². The number of nitrogens with zero attached hydrogens (tertiary/aromatic N) is 3. The van der Waals surface area contributed by atoms with Crippen LogP contribution in [-0.2, 0) is 11.3 Å². The maximum Gasteiger partial charge on any atom is 0.218 e. The molecule has 1 aliphatic heterocycles. The molecule has 1 atom stereocenters. The first-order valence-electron chi connectivity index (χ1n) is 10.6. The summed E-state index contributed by atoms with van der Waals surface area (Å²) in [6.45, 7) is 9.92. The third-order valence-corrected chi connectivity index (χ3v) is 5.04. The average Bonchev–Trinajstić information content (AvgIpc) is 2.73. The third kappa shape index (κ3) is 9.48. The second-order valence-electron chi connectivity index (χ2n) is 7.02. The van der Waals surface area contributed by atoms with Crippen molar-refractivity contribution < 1.29 is 9.47 Å². The number of aromatic nitrogens is 1. The fourth-order valence-electron chi connectivity index (χ4n) is 3.54. The van der Waals surface area contributed by atoms with Crippen LogP contribution in [0.2, 0.25) is 0 Å². The molecule has 0 aliphatic carbocycles. The molecule has 1 aromatic heterocycles. The lowest BCUT2D eigenvalue weighted by Crippen LogP contribution is -2.45. The molecule has 0 aromatic carbocycles. The average molecular weight is 519 g/mol. The number of hydrogen-bond acceptors (Lipinski definition) is 5. The standard InChI is InChI=1S/C21H37N5O2.HI/c1-4-19-10-6-7-13-26(19)14-12-24-21(22-5-2)25-17-18-9-8-11-23-20(18)28-16-15-27-3;/h8-9,11,19H,4-7,10,12-17H2,1-3H3,(H2,22,24,25);1H. The Morgan fingerprint density at radius 1 is 1.28 bits per heavy atom. The molecule has 0 bridgehead atoms. The van der Waals surface area contributed by atoms with Gasteiger partial charge in [0.2, 0.25) is 5.88 Å². The van der Waals surface area contributed by atoms with Gasteiger partial charge >= 0.3 is 0 Å². The van der Waals surface area contributed by atoms with E-state index in [1.807, 2.05) is 12.1 Å². The molecule has 1 aromatic rings. The van der Waals surface area contributed by atoms with E-state index in [0.29, 0.717) is 25.6 Å². The van der Waals surface area contributed by atoms with Gasteiger partial charge in [0.05, 0.1) is 13.2 Å². The van der Waals surface area contributed by atoms with Gasteiger partial charge in [0.1, 0.15) is 6.61 Å². The second kappa shape index (κ2) is 15.7. The van der Waals surface area contributed by atoms with Crippen LogP contribution < -0.4 is 15.4 Å². The first-order valence-corrected chi connectivity index (χ1v) is 10.6. The van der Waals surface area contributed by atoms with Crippen molar-refractivity contribution in [2.45, 2.75) is 52.1 Å². The number of likely N-dealkylation sites (tertiary alicyclic amines) is 1. The molecule has 2 heterocycles. The van der Waals surface area contributed by atoms with Crippen molar-refractivity contribution in [3.63, 3.8) is 0 Å². The van der Waals surface area contributed by atoms with E-state index in [1.54, 1.807) is 13.3 Å². The molecule has 2 N–H and O–H groups in total. The van der Waals surface area contributed by atoms with E-state index in [0.717, 1.165) is 37.2 Å². The van der Waals surface area contributed by atoms with Crippen molar-refractivity contribution in [2.75, 3.05) is 46.5 Å². The summed E-state index contributed by atoms with van der Waals surface area (Å²) in [5.41, 5.74) is 0.970. The molecule has 0 radical (unpaired) electrons. The zero-order valence-corrected chi connectivity index (χ0v) is 20.5. The van der Waals surface area contributed by atoms with Crippen LogP contribution in [-0.4, -0.2) is 68.4 Å². The van der Waals surface area contributed by atoms with E-state index in [4.69, 9.17) is 14.5 Å². The Kier molecular flexibility index (Phi) is 14.0. The summed E-state index contributed by atoms with van der Waals surface area (Å²) in [5.74, 6) is 1.46. The molecule has 1 unspecified atom stereocenters. The predicted molar refractivity (Wildman–Crippen MR) is 129 cm³/mol. The molecule has 0 spiro atoms. The lowest BCUT2D eigenvalue weighted by Gasteiger charge is -2.35. The summed E-state index contributed by atoms with van der Waals surface area (Å²) >= 11 is 0. The van der Waals surface area contributed by atoms with Gasteiger partial charge in [-0.25, -0.2) is 9.98 Å². The summed E-state index contributed by atoms with van der Waals surface area (Å²) in [6, 6.07) is 4.65. The van der Waals surface area contributed by atoms with Crippen molar-refractivity contribution in [2.24, 2.45) is 4.99 Å². The number of methoxy groups -OCH3 is 1. The first kappa shape index (κ1) is 25.9. The van der Waals surface area contributed by atoms with Crippen molar-refractivity contribution in [1.29, 1.82) is 0 Å². The van der Waals surface area contributed by atoms with Crippen LogP contribution in [0.15, 0.2) is 23.3 Å². The molecule has 0 saturated carbocycles. The van der Waals surface area contributed by atoms with Gasteiger partial charge in [0.25, 0.3) is 0 Å². The second-order valence-corrected chi connectivity index (χ2v) is 7.02. The minimum Gasteiger partial charge on any atom is -0.475 e. The SMILES string of the molecule is CCNC(=NCc1cccnc1OCCOC)NCCN1CCCCC1CC.I. The summed E-state index contributed by atoms with van der Waals surface area (Å²) in [6.07, 6.45) is 6.99. The van der Waals surface area contributed by atoms with Gasteiger partial charge in [-0.15, -0.1) is 24.0 Å². The van der Waals surface area contributed by atoms with Crippen LogP contribution in [0.4, 0.5) is 0 Å². The van der Waals surface area contributed by atoms with E-state index < -0.39 is 0 Å². The molecule has 2 rings (SSSR count). The van der Waals surface area contributed by atoms with Crippen LogP contribution in [0.3, 0.4) is 0 Å². The van der Waals surface area contributed by atoms with Gasteiger partial charge in [0, 0.05) is 44.5 Å². The van der Waals surface area contributed by atoms with Gasteiger partial charge in [-0.2, -0.15) is 0 Å². The molecule has 166 valence electrons. The Balaban J connectivity index is 0.00000420. The van der Waals surface area contributed by atoms with Crippen LogP contribution in [0, 0.1) is 0 Å². The lowest BCUT2D eigenvalue weighted by molar-refractivity contribution is 0.143. The minimum absolute atomic E-state index is 0. The zero-order valence-electron chi connectivity index (χ0n) is 18.2. The van der Waals surface area contributed by atoms with Crippen molar-refractivity contribution in [3.05, 3.63) is 23.9 Å². The third-order valence-electron chi connectivity index (χ3n) is 5.04. The highest BCUT2D eigenvalue weighted by Gasteiger charge is 2.19. The van der Waals surface area contributed by atoms with Crippen LogP contribution >= 0.6 is 24.0 Å². The van der Waals surface area contributed by atoms with Crippen LogP contribution in [0.1, 0.15) is 45.1 Å². The molecule has 1 fully saturated rings. The van der Waals surface area contributed by atoms with Crippen molar-refractivity contribution in [1.82, 2.24) is 20.5 Å². The van der Waals surface area contributed by atoms with Crippen LogP contribution in [0.5, 0.6) is 5.88 Å².